The molecule has 0 radical (unpaired) electrons. The Morgan fingerprint density at radius 1 is 1.16 bits per heavy atom. The molecule has 0 fully saturated rings. The Bertz CT molecular complexity index is 630. The molecule has 25 heavy (non-hydrogen) atoms. The fourth-order valence-corrected chi connectivity index (χ4v) is 2.63. The summed E-state index contributed by atoms with van der Waals surface area (Å²) in [5, 5.41) is 11.0. The van der Waals surface area contributed by atoms with Gasteiger partial charge < -0.3 is 10.6 Å². The average Bonchev–Trinajstić information content (AvgIpc) is 3.13. The van der Waals surface area contributed by atoms with E-state index in [1.807, 2.05) is 19.2 Å². The highest BCUT2D eigenvalue weighted by atomic mass is 15.3. The van der Waals surface area contributed by atoms with E-state index in [0.29, 0.717) is 6.04 Å². The number of nitrogens with one attached hydrogen (secondary N) is 2. The third-order valence-corrected chi connectivity index (χ3v) is 4.10. The van der Waals surface area contributed by atoms with E-state index >= 15 is 0 Å². The predicted octanol–water partition coefficient (Wildman–Crippen LogP) is 3.15. The molecular formula is C19H30N6. The molecular weight excluding hydrogens is 312 g/mol. The Labute approximate surface area is 150 Å². The van der Waals surface area contributed by atoms with Crippen LogP contribution in [0.5, 0.6) is 0 Å². The molecule has 136 valence electrons. The second-order valence-corrected chi connectivity index (χ2v) is 6.80. The average molecular weight is 342 g/mol. The van der Waals surface area contributed by atoms with Crippen LogP contribution in [0.15, 0.2) is 41.9 Å². The summed E-state index contributed by atoms with van der Waals surface area (Å²) in [5.74, 6) is 1.61. The Morgan fingerprint density at radius 3 is 2.52 bits per heavy atom. The molecule has 6 heteroatoms. The third kappa shape index (κ3) is 6.57. The SMILES string of the molecule is CN=C(NCc1ccc(-n2cncn2)cc1)NC(C)CCCC(C)C. The van der Waals surface area contributed by atoms with Gasteiger partial charge in [-0.3, -0.25) is 4.99 Å². The molecule has 2 rings (SSSR count). The van der Waals surface area contributed by atoms with Crippen LogP contribution in [-0.2, 0) is 6.54 Å². The molecule has 0 saturated carbocycles. The normalized spacial score (nSPS) is 13.1. The summed E-state index contributed by atoms with van der Waals surface area (Å²) in [6.45, 7) is 7.48. The van der Waals surface area contributed by atoms with Crippen molar-refractivity contribution in [1.29, 1.82) is 0 Å². The molecule has 0 spiro atoms. The number of guanidine groups is 1. The van der Waals surface area contributed by atoms with Crippen molar-refractivity contribution < 1.29 is 0 Å². The monoisotopic (exact) mass is 342 g/mol. The van der Waals surface area contributed by atoms with Gasteiger partial charge in [0.15, 0.2) is 5.96 Å². The summed E-state index contributed by atoms with van der Waals surface area (Å²) in [7, 11) is 1.81. The number of hydrogen-bond acceptors (Lipinski definition) is 3. The number of hydrogen-bond donors (Lipinski definition) is 2. The maximum Gasteiger partial charge on any atom is 0.191 e. The van der Waals surface area contributed by atoms with E-state index in [9.17, 15) is 0 Å². The molecule has 0 aliphatic rings. The van der Waals surface area contributed by atoms with Crippen molar-refractivity contribution in [2.24, 2.45) is 10.9 Å². The van der Waals surface area contributed by atoms with Gasteiger partial charge in [-0.15, -0.1) is 0 Å². The van der Waals surface area contributed by atoms with Crippen molar-refractivity contribution in [1.82, 2.24) is 25.4 Å². The minimum Gasteiger partial charge on any atom is -0.354 e. The van der Waals surface area contributed by atoms with E-state index in [0.717, 1.165) is 30.5 Å². The second-order valence-electron chi connectivity index (χ2n) is 6.80. The molecule has 2 aromatic rings. The first kappa shape index (κ1) is 19.0. The van der Waals surface area contributed by atoms with Crippen molar-refractivity contribution in [3.8, 4) is 5.69 Å². The van der Waals surface area contributed by atoms with Crippen molar-refractivity contribution >= 4 is 5.96 Å². The number of aliphatic imine (C=N–C) groups is 1. The highest BCUT2D eigenvalue weighted by molar-refractivity contribution is 5.79. The number of rotatable bonds is 8. The van der Waals surface area contributed by atoms with Gasteiger partial charge >= 0.3 is 0 Å². The fraction of sp³-hybridized carbons (Fsp3) is 0.526. The van der Waals surface area contributed by atoms with Crippen molar-refractivity contribution in [3.63, 3.8) is 0 Å². The first-order valence-corrected chi connectivity index (χ1v) is 8.99. The van der Waals surface area contributed by atoms with Crippen LogP contribution >= 0.6 is 0 Å². The lowest BCUT2D eigenvalue weighted by Crippen LogP contribution is -2.41. The van der Waals surface area contributed by atoms with Gasteiger partial charge in [-0.1, -0.05) is 38.8 Å². The van der Waals surface area contributed by atoms with E-state index in [1.54, 1.807) is 11.0 Å². The standard InChI is InChI=1S/C19H30N6/c1-15(2)6-5-7-16(3)24-19(20-4)22-12-17-8-10-18(11-9-17)25-14-21-13-23-25/h8-11,13-16H,5-7,12H2,1-4H3,(H2,20,22,24). The highest BCUT2D eigenvalue weighted by Crippen LogP contribution is 2.09. The van der Waals surface area contributed by atoms with Gasteiger partial charge in [-0.25, -0.2) is 9.67 Å². The van der Waals surface area contributed by atoms with E-state index in [-0.39, 0.29) is 0 Å². The van der Waals surface area contributed by atoms with Crippen LogP contribution in [0.3, 0.4) is 0 Å². The Morgan fingerprint density at radius 2 is 1.92 bits per heavy atom. The zero-order chi connectivity index (χ0) is 18.1. The smallest absolute Gasteiger partial charge is 0.191 e. The Hall–Kier alpha value is -2.37. The Balaban J connectivity index is 1.78. The molecule has 1 atom stereocenters. The first-order valence-electron chi connectivity index (χ1n) is 8.99. The van der Waals surface area contributed by atoms with Crippen molar-refractivity contribution in [2.45, 2.75) is 52.6 Å². The number of benzene rings is 1. The summed E-state index contributed by atoms with van der Waals surface area (Å²) in [5.41, 5.74) is 2.20. The largest absolute Gasteiger partial charge is 0.354 e. The second kappa shape index (κ2) is 9.81. The molecule has 1 unspecified atom stereocenters. The quantitative estimate of drug-likeness (QED) is 0.571. The molecule has 0 amide bonds. The zero-order valence-corrected chi connectivity index (χ0v) is 15.7. The number of aromatic nitrogens is 3. The molecule has 0 bridgehead atoms. The maximum atomic E-state index is 4.32. The van der Waals surface area contributed by atoms with Gasteiger partial charge in [0.1, 0.15) is 12.7 Å². The highest BCUT2D eigenvalue weighted by Gasteiger charge is 2.06. The summed E-state index contributed by atoms with van der Waals surface area (Å²) < 4.78 is 1.75. The van der Waals surface area contributed by atoms with Gasteiger partial charge in [0, 0.05) is 19.6 Å². The molecule has 0 aliphatic heterocycles. The van der Waals surface area contributed by atoms with Crippen LogP contribution in [0.4, 0.5) is 0 Å². The lowest BCUT2D eigenvalue weighted by atomic mass is 10.0. The minimum absolute atomic E-state index is 0.416. The summed E-state index contributed by atoms with van der Waals surface area (Å²) in [6, 6.07) is 8.67. The van der Waals surface area contributed by atoms with Gasteiger partial charge in [0.05, 0.1) is 5.69 Å². The van der Waals surface area contributed by atoms with Crippen molar-refractivity contribution in [2.75, 3.05) is 7.05 Å². The van der Waals surface area contributed by atoms with Crippen molar-refractivity contribution in [3.05, 3.63) is 42.5 Å². The lowest BCUT2D eigenvalue weighted by Gasteiger charge is -2.18. The van der Waals surface area contributed by atoms with Crippen LogP contribution in [0.25, 0.3) is 5.69 Å². The zero-order valence-electron chi connectivity index (χ0n) is 15.7. The fourth-order valence-electron chi connectivity index (χ4n) is 2.63. The van der Waals surface area contributed by atoms with Gasteiger partial charge in [0.25, 0.3) is 0 Å². The minimum atomic E-state index is 0.416. The third-order valence-electron chi connectivity index (χ3n) is 4.10. The van der Waals surface area contributed by atoms with Crippen LogP contribution in [0.2, 0.25) is 0 Å². The summed E-state index contributed by atoms with van der Waals surface area (Å²) in [4.78, 5) is 8.28. The number of nitrogens with zero attached hydrogens (tertiary/aromatic N) is 4. The molecule has 2 N–H and O–H groups in total. The van der Waals surface area contributed by atoms with Crippen LogP contribution in [-0.4, -0.2) is 33.8 Å². The first-order chi connectivity index (χ1) is 12.1. The topological polar surface area (TPSA) is 67.1 Å². The lowest BCUT2D eigenvalue weighted by molar-refractivity contribution is 0.491. The molecule has 6 nitrogen and oxygen atoms in total. The van der Waals surface area contributed by atoms with Crippen LogP contribution in [0, 0.1) is 5.92 Å². The van der Waals surface area contributed by atoms with Gasteiger partial charge in [0.2, 0.25) is 0 Å². The van der Waals surface area contributed by atoms with Gasteiger partial charge in [-0.2, -0.15) is 5.10 Å². The van der Waals surface area contributed by atoms with E-state index in [1.165, 1.54) is 24.7 Å². The predicted molar refractivity (Wildman–Crippen MR) is 103 cm³/mol. The maximum absolute atomic E-state index is 4.32. The van der Waals surface area contributed by atoms with Gasteiger partial charge in [-0.05, 0) is 37.0 Å². The molecule has 0 aliphatic carbocycles. The van der Waals surface area contributed by atoms with Crippen LogP contribution in [0.1, 0.15) is 45.6 Å². The molecule has 0 saturated heterocycles. The van der Waals surface area contributed by atoms with Crippen LogP contribution < -0.4 is 10.6 Å². The molecule has 1 heterocycles. The molecule has 1 aromatic carbocycles. The summed E-state index contributed by atoms with van der Waals surface area (Å²) >= 11 is 0. The Kier molecular flexibility index (Phi) is 7.44. The van der Waals surface area contributed by atoms with E-state index in [4.69, 9.17) is 0 Å². The van der Waals surface area contributed by atoms with E-state index in [2.05, 4.69) is 58.6 Å². The molecule has 1 aromatic heterocycles. The summed E-state index contributed by atoms with van der Waals surface area (Å²) in [6.07, 6.45) is 6.90. The van der Waals surface area contributed by atoms with E-state index < -0.39 is 0 Å².